The summed E-state index contributed by atoms with van der Waals surface area (Å²) >= 11 is 1.48. The monoisotopic (exact) mass is 206 g/mol. The fourth-order valence-corrected chi connectivity index (χ4v) is 1.92. The van der Waals surface area contributed by atoms with Gasteiger partial charge in [0.25, 0.3) is 5.22 Å². The SMILES string of the molecule is Cc1c(N)cccc1Sc1ncco1. The Hall–Kier alpha value is -1.42. The maximum absolute atomic E-state index is 5.79. The molecule has 4 heteroatoms. The number of anilines is 1. The molecular formula is C10H10N2OS. The number of nitrogens with zero attached hydrogens (tertiary/aromatic N) is 1. The molecule has 0 radical (unpaired) electrons. The maximum Gasteiger partial charge on any atom is 0.260 e. The Balaban J connectivity index is 2.29. The van der Waals surface area contributed by atoms with E-state index in [1.807, 2.05) is 25.1 Å². The third kappa shape index (κ3) is 1.75. The van der Waals surface area contributed by atoms with E-state index in [4.69, 9.17) is 10.2 Å². The first-order chi connectivity index (χ1) is 6.77. The third-order valence-electron chi connectivity index (χ3n) is 1.93. The van der Waals surface area contributed by atoms with Gasteiger partial charge in [-0.3, -0.25) is 0 Å². The minimum Gasteiger partial charge on any atom is -0.440 e. The highest BCUT2D eigenvalue weighted by atomic mass is 32.2. The molecule has 14 heavy (non-hydrogen) atoms. The number of rotatable bonds is 2. The van der Waals surface area contributed by atoms with Gasteiger partial charge in [0.05, 0.1) is 6.20 Å². The summed E-state index contributed by atoms with van der Waals surface area (Å²) in [6, 6.07) is 5.81. The van der Waals surface area contributed by atoms with Gasteiger partial charge in [0.15, 0.2) is 0 Å². The molecule has 0 unspecified atom stereocenters. The number of oxazole rings is 1. The molecule has 2 rings (SSSR count). The Morgan fingerprint density at radius 3 is 3.00 bits per heavy atom. The molecule has 0 aliphatic heterocycles. The maximum atomic E-state index is 5.79. The number of aromatic nitrogens is 1. The second-order valence-corrected chi connectivity index (χ2v) is 3.86. The number of nitrogens with two attached hydrogens (primary N) is 1. The van der Waals surface area contributed by atoms with Gasteiger partial charge < -0.3 is 10.2 Å². The largest absolute Gasteiger partial charge is 0.440 e. The van der Waals surface area contributed by atoms with Crippen LogP contribution in [0.5, 0.6) is 0 Å². The van der Waals surface area contributed by atoms with Gasteiger partial charge in [-0.2, -0.15) is 0 Å². The van der Waals surface area contributed by atoms with Gasteiger partial charge in [-0.05, 0) is 36.4 Å². The van der Waals surface area contributed by atoms with E-state index in [1.165, 1.54) is 11.8 Å². The lowest BCUT2D eigenvalue weighted by atomic mass is 10.2. The summed E-state index contributed by atoms with van der Waals surface area (Å²) in [7, 11) is 0. The van der Waals surface area contributed by atoms with Gasteiger partial charge in [-0.15, -0.1) is 0 Å². The van der Waals surface area contributed by atoms with E-state index < -0.39 is 0 Å². The third-order valence-corrected chi connectivity index (χ3v) is 2.97. The van der Waals surface area contributed by atoms with Crippen LogP contribution in [0, 0.1) is 6.92 Å². The van der Waals surface area contributed by atoms with Crippen LogP contribution in [0.25, 0.3) is 0 Å². The van der Waals surface area contributed by atoms with Gasteiger partial charge >= 0.3 is 0 Å². The fourth-order valence-electron chi connectivity index (χ4n) is 1.10. The summed E-state index contributed by atoms with van der Waals surface area (Å²) in [6.45, 7) is 1.99. The summed E-state index contributed by atoms with van der Waals surface area (Å²) < 4.78 is 5.14. The predicted octanol–water partition coefficient (Wildman–Crippen LogP) is 2.72. The molecular weight excluding hydrogens is 196 g/mol. The molecule has 3 nitrogen and oxygen atoms in total. The average Bonchev–Trinajstić information content (AvgIpc) is 2.66. The van der Waals surface area contributed by atoms with Gasteiger partial charge in [0.2, 0.25) is 0 Å². The minimum absolute atomic E-state index is 0.638. The van der Waals surface area contributed by atoms with Crippen molar-refractivity contribution in [3.63, 3.8) is 0 Å². The van der Waals surface area contributed by atoms with Crippen LogP contribution in [0.15, 0.2) is 45.2 Å². The van der Waals surface area contributed by atoms with Crippen molar-refractivity contribution >= 4 is 17.4 Å². The van der Waals surface area contributed by atoms with Crippen molar-refractivity contribution in [3.8, 4) is 0 Å². The lowest BCUT2D eigenvalue weighted by Gasteiger charge is -2.04. The van der Waals surface area contributed by atoms with Crippen LogP contribution in [-0.4, -0.2) is 4.98 Å². The Morgan fingerprint density at radius 2 is 2.29 bits per heavy atom. The summed E-state index contributed by atoms with van der Waals surface area (Å²) in [5, 5.41) is 0.638. The van der Waals surface area contributed by atoms with Crippen molar-refractivity contribution in [2.45, 2.75) is 17.0 Å². The zero-order chi connectivity index (χ0) is 9.97. The van der Waals surface area contributed by atoms with Crippen molar-refractivity contribution in [2.75, 3.05) is 5.73 Å². The molecule has 0 saturated carbocycles. The van der Waals surface area contributed by atoms with Crippen LogP contribution in [0.4, 0.5) is 5.69 Å². The van der Waals surface area contributed by atoms with Crippen LogP contribution in [0.2, 0.25) is 0 Å². The molecule has 1 aromatic heterocycles. The lowest BCUT2D eigenvalue weighted by molar-refractivity contribution is 0.454. The molecule has 0 spiro atoms. The zero-order valence-corrected chi connectivity index (χ0v) is 8.54. The van der Waals surface area contributed by atoms with E-state index in [9.17, 15) is 0 Å². The second-order valence-electron chi connectivity index (χ2n) is 2.87. The van der Waals surface area contributed by atoms with Crippen LogP contribution in [0.3, 0.4) is 0 Å². The molecule has 1 aromatic carbocycles. The first kappa shape index (κ1) is 9.15. The van der Waals surface area contributed by atoms with Crippen LogP contribution >= 0.6 is 11.8 Å². The van der Waals surface area contributed by atoms with E-state index in [0.29, 0.717) is 5.22 Å². The molecule has 2 aromatic rings. The van der Waals surface area contributed by atoms with Gasteiger partial charge in [0.1, 0.15) is 6.26 Å². The van der Waals surface area contributed by atoms with Crippen LogP contribution in [-0.2, 0) is 0 Å². The summed E-state index contributed by atoms with van der Waals surface area (Å²) in [5.41, 5.74) is 7.64. The quantitative estimate of drug-likeness (QED) is 0.767. The lowest BCUT2D eigenvalue weighted by Crippen LogP contribution is -1.90. The topological polar surface area (TPSA) is 52.0 Å². The van der Waals surface area contributed by atoms with E-state index in [-0.39, 0.29) is 0 Å². The second kappa shape index (κ2) is 3.75. The smallest absolute Gasteiger partial charge is 0.260 e. The normalized spacial score (nSPS) is 10.4. The van der Waals surface area contributed by atoms with Gasteiger partial charge in [-0.25, -0.2) is 4.98 Å². The molecule has 72 valence electrons. The van der Waals surface area contributed by atoms with Gasteiger partial charge in [-0.1, -0.05) is 6.07 Å². The van der Waals surface area contributed by atoms with Crippen LogP contribution < -0.4 is 5.73 Å². The highest BCUT2D eigenvalue weighted by Crippen LogP contribution is 2.31. The van der Waals surface area contributed by atoms with Crippen LogP contribution in [0.1, 0.15) is 5.56 Å². The zero-order valence-electron chi connectivity index (χ0n) is 7.73. The van der Waals surface area contributed by atoms with Crippen molar-refractivity contribution < 1.29 is 4.42 Å². The molecule has 0 bridgehead atoms. The molecule has 2 N–H and O–H groups in total. The summed E-state index contributed by atoms with van der Waals surface area (Å²) in [5.74, 6) is 0. The highest BCUT2D eigenvalue weighted by molar-refractivity contribution is 7.99. The first-order valence-electron chi connectivity index (χ1n) is 4.20. The number of hydrogen-bond donors (Lipinski definition) is 1. The number of nitrogen functional groups attached to an aromatic ring is 1. The molecule has 0 atom stereocenters. The number of hydrogen-bond acceptors (Lipinski definition) is 4. The molecule has 0 saturated heterocycles. The highest BCUT2D eigenvalue weighted by Gasteiger charge is 2.05. The van der Waals surface area contributed by atoms with Crippen molar-refractivity contribution in [3.05, 3.63) is 36.2 Å². The fraction of sp³-hybridized carbons (Fsp3) is 0.100. The van der Waals surface area contributed by atoms with E-state index in [0.717, 1.165) is 16.1 Å². The molecule has 0 fully saturated rings. The first-order valence-corrected chi connectivity index (χ1v) is 5.01. The van der Waals surface area contributed by atoms with Crippen molar-refractivity contribution in [1.82, 2.24) is 4.98 Å². The van der Waals surface area contributed by atoms with Crippen molar-refractivity contribution in [1.29, 1.82) is 0 Å². The van der Waals surface area contributed by atoms with Gasteiger partial charge in [0, 0.05) is 10.6 Å². The predicted molar refractivity (Wildman–Crippen MR) is 56.2 cm³/mol. The Labute approximate surface area is 86.3 Å². The molecule has 0 aliphatic rings. The van der Waals surface area contributed by atoms with E-state index in [2.05, 4.69) is 4.98 Å². The Bertz CT molecular complexity index is 426. The summed E-state index contributed by atoms with van der Waals surface area (Å²) in [4.78, 5) is 5.11. The van der Waals surface area contributed by atoms with E-state index >= 15 is 0 Å². The molecule has 0 amide bonds. The average molecular weight is 206 g/mol. The number of benzene rings is 1. The standard InChI is InChI=1S/C10H10N2OS/c1-7-8(11)3-2-4-9(7)14-10-12-5-6-13-10/h2-6H,11H2,1H3. The Morgan fingerprint density at radius 1 is 1.43 bits per heavy atom. The Kier molecular flexibility index (Phi) is 2.45. The summed E-state index contributed by atoms with van der Waals surface area (Å²) in [6.07, 6.45) is 3.19. The minimum atomic E-state index is 0.638. The van der Waals surface area contributed by atoms with Crippen molar-refractivity contribution in [2.24, 2.45) is 0 Å². The van der Waals surface area contributed by atoms with E-state index in [1.54, 1.807) is 12.5 Å². The molecule has 1 heterocycles. The molecule has 0 aliphatic carbocycles.